The maximum atomic E-state index is 12.0. The third kappa shape index (κ3) is 4.78. The first kappa shape index (κ1) is 20.1. The van der Waals surface area contributed by atoms with Crippen molar-refractivity contribution in [3.8, 4) is 0 Å². The number of halogens is 1. The second-order valence-corrected chi connectivity index (χ2v) is 8.40. The minimum Gasteiger partial charge on any atom is -0.444 e. The van der Waals surface area contributed by atoms with E-state index in [1.165, 1.54) is 12.1 Å². The van der Waals surface area contributed by atoms with Crippen LogP contribution in [0.3, 0.4) is 0 Å². The van der Waals surface area contributed by atoms with Crippen LogP contribution in [-0.4, -0.2) is 39.6 Å². The van der Waals surface area contributed by atoms with Gasteiger partial charge in [-0.3, -0.25) is 10.1 Å². The number of nitro groups is 1. The molecule has 1 aliphatic heterocycles. The predicted molar refractivity (Wildman–Crippen MR) is 109 cm³/mol. The summed E-state index contributed by atoms with van der Waals surface area (Å²) >= 11 is 3.23. The number of amides is 1. The lowest BCUT2D eigenvalue weighted by Crippen LogP contribution is -2.50. The number of carbonyl (C=O) groups excluding carboxylic acids is 1. The molecule has 0 bridgehead atoms. The van der Waals surface area contributed by atoms with Gasteiger partial charge in [-0.25, -0.2) is 9.78 Å². The standard InChI is InChI=1S/C19H21BrN4O4/c1-19(2,3)28-18(25)23-10-13(11-23)12-4-6-14(7-5-12)21-17-15(24(26)27)8-9-16(20)22-17/h4-9,13H,10-11H2,1-3H3,(H,21,22). The van der Waals surface area contributed by atoms with Gasteiger partial charge in [-0.1, -0.05) is 12.1 Å². The summed E-state index contributed by atoms with van der Waals surface area (Å²) in [4.78, 5) is 28.5. The molecule has 1 aliphatic rings. The predicted octanol–water partition coefficient (Wildman–Crippen LogP) is 4.83. The van der Waals surface area contributed by atoms with E-state index in [1.54, 1.807) is 4.90 Å². The highest BCUT2D eigenvalue weighted by molar-refractivity contribution is 9.10. The van der Waals surface area contributed by atoms with Gasteiger partial charge in [0, 0.05) is 30.8 Å². The molecule has 8 nitrogen and oxygen atoms in total. The maximum Gasteiger partial charge on any atom is 0.410 e. The molecule has 0 atom stereocenters. The number of aromatic nitrogens is 1. The van der Waals surface area contributed by atoms with E-state index in [9.17, 15) is 14.9 Å². The first-order valence-electron chi connectivity index (χ1n) is 8.78. The van der Waals surface area contributed by atoms with E-state index in [-0.39, 0.29) is 23.5 Å². The van der Waals surface area contributed by atoms with Crippen LogP contribution in [0.4, 0.5) is 22.0 Å². The molecule has 0 unspecified atom stereocenters. The second-order valence-electron chi connectivity index (χ2n) is 7.59. The number of benzene rings is 1. The summed E-state index contributed by atoms with van der Waals surface area (Å²) in [5, 5.41) is 14.1. The Hall–Kier alpha value is -2.68. The largest absolute Gasteiger partial charge is 0.444 e. The van der Waals surface area contributed by atoms with Gasteiger partial charge in [0.2, 0.25) is 5.82 Å². The molecule has 2 aromatic rings. The molecule has 2 heterocycles. The van der Waals surface area contributed by atoms with E-state index in [1.807, 2.05) is 45.0 Å². The molecule has 0 saturated carbocycles. The van der Waals surface area contributed by atoms with Crippen molar-refractivity contribution >= 4 is 39.2 Å². The number of pyridine rings is 1. The Morgan fingerprint density at radius 1 is 1.25 bits per heavy atom. The lowest BCUT2D eigenvalue weighted by molar-refractivity contribution is -0.384. The van der Waals surface area contributed by atoms with Crippen LogP contribution in [-0.2, 0) is 4.74 Å². The molecule has 28 heavy (non-hydrogen) atoms. The van der Waals surface area contributed by atoms with Crippen molar-refractivity contribution in [3.63, 3.8) is 0 Å². The average Bonchev–Trinajstić information content (AvgIpc) is 2.53. The molecular formula is C19H21BrN4O4. The Morgan fingerprint density at radius 2 is 1.89 bits per heavy atom. The fourth-order valence-electron chi connectivity index (χ4n) is 2.81. The van der Waals surface area contributed by atoms with Crippen LogP contribution < -0.4 is 5.32 Å². The van der Waals surface area contributed by atoms with Crippen molar-refractivity contribution in [2.75, 3.05) is 18.4 Å². The second kappa shape index (κ2) is 7.75. The quantitative estimate of drug-likeness (QED) is 0.408. The summed E-state index contributed by atoms with van der Waals surface area (Å²) in [5.41, 5.74) is 1.19. The highest BCUT2D eigenvalue weighted by atomic mass is 79.9. The number of likely N-dealkylation sites (tertiary alicyclic amines) is 1. The molecule has 0 spiro atoms. The summed E-state index contributed by atoms with van der Waals surface area (Å²) in [5.74, 6) is 0.423. The molecule has 1 N–H and O–H groups in total. The van der Waals surface area contributed by atoms with Crippen LogP contribution in [0.2, 0.25) is 0 Å². The van der Waals surface area contributed by atoms with Gasteiger partial charge in [0.05, 0.1) is 4.92 Å². The Kier molecular flexibility index (Phi) is 5.55. The summed E-state index contributed by atoms with van der Waals surface area (Å²) < 4.78 is 5.87. The van der Waals surface area contributed by atoms with E-state index in [0.29, 0.717) is 23.4 Å². The molecule has 0 aliphatic carbocycles. The molecule has 148 valence electrons. The smallest absolute Gasteiger partial charge is 0.410 e. The van der Waals surface area contributed by atoms with E-state index in [4.69, 9.17) is 4.74 Å². The molecule has 9 heteroatoms. The highest BCUT2D eigenvalue weighted by Gasteiger charge is 2.34. The number of ether oxygens (including phenoxy) is 1. The third-order valence-electron chi connectivity index (χ3n) is 4.21. The van der Waals surface area contributed by atoms with Gasteiger partial charge in [0.25, 0.3) is 0 Å². The SMILES string of the molecule is CC(C)(C)OC(=O)N1CC(c2ccc(Nc3nc(Br)ccc3[N+](=O)[O-])cc2)C1. The van der Waals surface area contributed by atoms with Gasteiger partial charge in [0.1, 0.15) is 10.2 Å². The van der Waals surface area contributed by atoms with Crippen molar-refractivity contribution in [2.24, 2.45) is 0 Å². The number of rotatable bonds is 4. The van der Waals surface area contributed by atoms with Crippen LogP contribution >= 0.6 is 15.9 Å². The number of nitrogens with zero attached hydrogens (tertiary/aromatic N) is 3. The Labute approximate surface area is 171 Å². The zero-order valence-electron chi connectivity index (χ0n) is 15.8. The molecular weight excluding hydrogens is 428 g/mol. The number of hydrogen-bond donors (Lipinski definition) is 1. The lowest BCUT2D eigenvalue weighted by Gasteiger charge is -2.40. The summed E-state index contributed by atoms with van der Waals surface area (Å²) in [6.07, 6.45) is -0.296. The van der Waals surface area contributed by atoms with Crippen molar-refractivity contribution in [2.45, 2.75) is 32.3 Å². The van der Waals surface area contributed by atoms with Crippen molar-refractivity contribution in [1.82, 2.24) is 9.88 Å². The average molecular weight is 449 g/mol. The summed E-state index contributed by atoms with van der Waals surface area (Å²) in [6, 6.07) is 10.5. The summed E-state index contributed by atoms with van der Waals surface area (Å²) in [6.45, 7) is 6.76. The Bertz CT molecular complexity index is 890. The Morgan fingerprint density at radius 3 is 2.46 bits per heavy atom. The number of anilines is 2. The van der Waals surface area contributed by atoms with Gasteiger partial charge < -0.3 is 15.0 Å². The number of nitrogens with one attached hydrogen (secondary N) is 1. The van der Waals surface area contributed by atoms with Crippen LogP contribution in [0, 0.1) is 10.1 Å². The van der Waals surface area contributed by atoms with Crippen LogP contribution in [0.1, 0.15) is 32.3 Å². The van der Waals surface area contributed by atoms with Gasteiger partial charge >= 0.3 is 11.8 Å². The summed E-state index contributed by atoms with van der Waals surface area (Å²) in [7, 11) is 0. The normalized spacial score (nSPS) is 14.4. The van der Waals surface area contributed by atoms with Crippen LogP contribution in [0.5, 0.6) is 0 Å². The maximum absolute atomic E-state index is 12.0. The Balaban J connectivity index is 1.62. The van der Waals surface area contributed by atoms with E-state index in [0.717, 1.165) is 5.56 Å². The number of carbonyl (C=O) groups is 1. The van der Waals surface area contributed by atoms with Crippen LogP contribution in [0.25, 0.3) is 0 Å². The first-order chi connectivity index (χ1) is 13.1. The van der Waals surface area contributed by atoms with E-state index < -0.39 is 10.5 Å². The monoisotopic (exact) mass is 448 g/mol. The first-order valence-corrected chi connectivity index (χ1v) is 9.57. The van der Waals surface area contributed by atoms with Gasteiger partial charge in [0.15, 0.2) is 0 Å². The fraction of sp³-hybridized carbons (Fsp3) is 0.368. The van der Waals surface area contributed by atoms with E-state index in [2.05, 4.69) is 26.2 Å². The number of hydrogen-bond acceptors (Lipinski definition) is 6. The molecule has 0 radical (unpaired) electrons. The van der Waals surface area contributed by atoms with Gasteiger partial charge in [-0.05, 0) is 60.5 Å². The molecule has 3 rings (SSSR count). The van der Waals surface area contributed by atoms with Crippen molar-refractivity contribution < 1.29 is 14.5 Å². The molecule has 1 aromatic heterocycles. The zero-order valence-corrected chi connectivity index (χ0v) is 17.4. The molecule has 1 fully saturated rings. The topological polar surface area (TPSA) is 97.6 Å². The van der Waals surface area contributed by atoms with Crippen molar-refractivity contribution in [1.29, 1.82) is 0 Å². The minimum atomic E-state index is -0.501. The molecule has 1 aromatic carbocycles. The third-order valence-corrected chi connectivity index (χ3v) is 4.66. The van der Waals surface area contributed by atoms with Crippen molar-refractivity contribution in [3.05, 3.63) is 56.7 Å². The highest BCUT2D eigenvalue weighted by Crippen LogP contribution is 2.31. The van der Waals surface area contributed by atoms with E-state index >= 15 is 0 Å². The molecule has 1 amide bonds. The lowest BCUT2D eigenvalue weighted by atomic mass is 9.92. The molecule has 1 saturated heterocycles. The van der Waals surface area contributed by atoms with Gasteiger partial charge in [-0.15, -0.1) is 0 Å². The zero-order chi connectivity index (χ0) is 20.5. The fourth-order valence-corrected chi connectivity index (χ4v) is 3.12. The van der Waals surface area contributed by atoms with Crippen LogP contribution in [0.15, 0.2) is 41.0 Å². The minimum absolute atomic E-state index is 0.0979. The van der Waals surface area contributed by atoms with Gasteiger partial charge in [-0.2, -0.15) is 0 Å².